The van der Waals surface area contributed by atoms with E-state index in [0.29, 0.717) is 24.7 Å². The van der Waals surface area contributed by atoms with Gasteiger partial charge in [-0.2, -0.15) is 4.31 Å². The Balaban J connectivity index is 1.54. The fraction of sp³-hybridized carbons (Fsp3) is 0.429. The summed E-state index contributed by atoms with van der Waals surface area (Å²) in [6.07, 6.45) is 4.24. The molecule has 1 N–H and O–H groups in total. The van der Waals surface area contributed by atoms with Gasteiger partial charge in [-0.1, -0.05) is 30.3 Å². The topological polar surface area (TPSA) is 88.6 Å². The molecule has 1 aromatic heterocycles. The van der Waals surface area contributed by atoms with Gasteiger partial charge in [0.05, 0.1) is 17.4 Å². The van der Waals surface area contributed by atoms with Gasteiger partial charge in [0.25, 0.3) is 0 Å². The van der Waals surface area contributed by atoms with E-state index in [-0.39, 0.29) is 16.1 Å². The molecule has 0 unspecified atom stereocenters. The predicted octanol–water partition coefficient (Wildman–Crippen LogP) is 3.06. The van der Waals surface area contributed by atoms with Crippen molar-refractivity contribution in [3.8, 4) is 5.75 Å². The normalized spacial score (nSPS) is 16.1. The molecular weight excluding hydrogens is 422 g/mol. The van der Waals surface area contributed by atoms with E-state index in [0.717, 1.165) is 30.6 Å². The fourth-order valence-electron chi connectivity index (χ4n) is 3.15. The minimum atomic E-state index is -3.49. The molecule has 7 nitrogen and oxygen atoms in total. The zero-order valence-corrected chi connectivity index (χ0v) is 18.8. The van der Waals surface area contributed by atoms with Gasteiger partial charge in [-0.3, -0.25) is 4.79 Å². The summed E-state index contributed by atoms with van der Waals surface area (Å²) >= 11 is 1.30. The van der Waals surface area contributed by atoms with Crippen molar-refractivity contribution in [3.63, 3.8) is 0 Å². The summed E-state index contributed by atoms with van der Waals surface area (Å²) in [7, 11) is -1.88. The van der Waals surface area contributed by atoms with Gasteiger partial charge in [0.1, 0.15) is 10.6 Å². The number of nitrogens with zero attached hydrogens (tertiary/aromatic N) is 2. The van der Waals surface area contributed by atoms with E-state index < -0.39 is 10.0 Å². The summed E-state index contributed by atoms with van der Waals surface area (Å²) in [5, 5.41) is 3.15. The molecule has 1 amide bonds. The number of aromatic nitrogens is 1. The summed E-state index contributed by atoms with van der Waals surface area (Å²) in [5.74, 6) is 0.661. The van der Waals surface area contributed by atoms with Crippen molar-refractivity contribution in [2.45, 2.75) is 47.9 Å². The van der Waals surface area contributed by atoms with Gasteiger partial charge in [-0.25, -0.2) is 13.4 Å². The van der Waals surface area contributed by atoms with Crippen LogP contribution in [0, 0.1) is 0 Å². The zero-order chi connectivity index (χ0) is 21.6. The van der Waals surface area contributed by atoms with Crippen molar-refractivity contribution in [1.29, 1.82) is 0 Å². The molecular formula is C21H27N3O4S2. The van der Waals surface area contributed by atoms with Crippen molar-refractivity contribution in [2.75, 3.05) is 20.2 Å². The average Bonchev–Trinajstić information content (AvgIpc) is 2.78. The number of carbonyl (C=O) groups is 1. The number of piperidine rings is 1. The van der Waals surface area contributed by atoms with Gasteiger partial charge >= 0.3 is 0 Å². The molecule has 1 atom stereocenters. The van der Waals surface area contributed by atoms with E-state index in [2.05, 4.69) is 10.3 Å². The molecule has 0 saturated carbocycles. The molecule has 1 aliphatic rings. The third-order valence-corrected chi connectivity index (χ3v) is 7.89. The molecule has 1 aliphatic heterocycles. The Morgan fingerprint density at radius 3 is 2.47 bits per heavy atom. The third kappa shape index (κ3) is 5.74. The Bertz CT molecular complexity index is 941. The Morgan fingerprint density at radius 1 is 1.17 bits per heavy atom. The van der Waals surface area contributed by atoms with Gasteiger partial charge < -0.3 is 10.1 Å². The SMILES string of the molecule is COc1ccc(CNC(=O)[C@@H](C)Sc2ccc(S(=O)(=O)N3CCCCC3)cn2)cc1. The molecule has 0 radical (unpaired) electrons. The molecule has 3 rings (SSSR count). The molecule has 1 aromatic carbocycles. The molecule has 9 heteroatoms. The summed E-state index contributed by atoms with van der Waals surface area (Å²) in [4.78, 5) is 16.9. The second-order valence-electron chi connectivity index (χ2n) is 7.12. The number of ether oxygens (including phenoxy) is 1. The maximum atomic E-state index is 12.7. The molecule has 30 heavy (non-hydrogen) atoms. The number of hydrogen-bond donors (Lipinski definition) is 1. The summed E-state index contributed by atoms with van der Waals surface area (Å²) in [6.45, 7) is 3.34. The highest BCUT2D eigenvalue weighted by Crippen LogP contribution is 2.25. The van der Waals surface area contributed by atoms with E-state index in [4.69, 9.17) is 4.74 Å². The first-order valence-corrected chi connectivity index (χ1v) is 12.3. The van der Waals surface area contributed by atoms with Crippen LogP contribution in [0.2, 0.25) is 0 Å². The van der Waals surface area contributed by atoms with Crippen LogP contribution in [-0.2, 0) is 21.4 Å². The molecule has 2 heterocycles. The van der Waals surface area contributed by atoms with Crippen LogP contribution in [0.1, 0.15) is 31.7 Å². The Kier molecular flexibility index (Phi) is 7.74. The number of amides is 1. The third-order valence-electron chi connectivity index (χ3n) is 4.95. The summed E-state index contributed by atoms with van der Waals surface area (Å²) in [5.41, 5.74) is 0.978. The number of sulfonamides is 1. The first kappa shape index (κ1) is 22.6. The molecule has 2 aromatic rings. The lowest BCUT2D eigenvalue weighted by atomic mass is 10.2. The lowest BCUT2D eigenvalue weighted by Crippen LogP contribution is -2.35. The van der Waals surface area contributed by atoms with E-state index in [1.807, 2.05) is 24.3 Å². The summed E-state index contributed by atoms with van der Waals surface area (Å²) < 4.78 is 32.0. The number of hydrogen-bond acceptors (Lipinski definition) is 6. The van der Waals surface area contributed by atoms with E-state index in [1.54, 1.807) is 26.2 Å². The highest BCUT2D eigenvalue weighted by molar-refractivity contribution is 8.00. The van der Waals surface area contributed by atoms with Crippen LogP contribution in [0.5, 0.6) is 5.75 Å². The number of methoxy groups -OCH3 is 1. The maximum absolute atomic E-state index is 12.7. The minimum Gasteiger partial charge on any atom is -0.497 e. The Hall–Kier alpha value is -2.10. The van der Waals surface area contributed by atoms with Crippen LogP contribution >= 0.6 is 11.8 Å². The number of rotatable bonds is 8. The molecule has 0 spiro atoms. The van der Waals surface area contributed by atoms with Crippen LogP contribution in [0.15, 0.2) is 52.5 Å². The van der Waals surface area contributed by atoms with Gasteiger partial charge in [-0.15, -0.1) is 0 Å². The second kappa shape index (κ2) is 10.3. The zero-order valence-electron chi connectivity index (χ0n) is 17.2. The van der Waals surface area contributed by atoms with Gasteiger partial charge in [0, 0.05) is 25.8 Å². The number of nitrogens with one attached hydrogen (secondary N) is 1. The molecule has 1 saturated heterocycles. The molecule has 0 aliphatic carbocycles. The Morgan fingerprint density at radius 2 is 1.87 bits per heavy atom. The quantitative estimate of drug-likeness (QED) is 0.623. The smallest absolute Gasteiger partial charge is 0.244 e. The first-order valence-electron chi connectivity index (χ1n) is 9.93. The lowest BCUT2D eigenvalue weighted by molar-refractivity contribution is -0.120. The maximum Gasteiger partial charge on any atom is 0.244 e. The van der Waals surface area contributed by atoms with E-state index in [9.17, 15) is 13.2 Å². The summed E-state index contributed by atoms with van der Waals surface area (Å²) in [6, 6.07) is 10.7. The van der Waals surface area contributed by atoms with Crippen molar-refractivity contribution in [1.82, 2.24) is 14.6 Å². The van der Waals surface area contributed by atoms with Crippen molar-refractivity contribution in [2.24, 2.45) is 0 Å². The largest absolute Gasteiger partial charge is 0.497 e. The standard InChI is InChI=1S/C21H27N3O4S2/c1-16(21(25)23-14-17-6-8-18(28-2)9-7-17)29-20-11-10-19(15-22-20)30(26,27)24-12-4-3-5-13-24/h6-11,15-16H,3-5,12-14H2,1-2H3,(H,23,25)/t16-/m1/s1. The van der Waals surface area contributed by atoms with Crippen LogP contribution < -0.4 is 10.1 Å². The van der Waals surface area contributed by atoms with Gasteiger partial charge in [0.15, 0.2) is 0 Å². The monoisotopic (exact) mass is 449 g/mol. The lowest BCUT2D eigenvalue weighted by Gasteiger charge is -2.25. The van der Waals surface area contributed by atoms with Crippen molar-refractivity contribution >= 4 is 27.7 Å². The fourth-order valence-corrected chi connectivity index (χ4v) is 5.43. The second-order valence-corrected chi connectivity index (χ2v) is 10.4. The molecule has 1 fully saturated rings. The van der Waals surface area contributed by atoms with E-state index >= 15 is 0 Å². The average molecular weight is 450 g/mol. The van der Waals surface area contributed by atoms with Crippen LogP contribution in [0.25, 0.3) is 0 Å². The minimum absolute atomic E-state index is 0.109. The number of pyridine rings is 1. The number of carbonyl (C=O) groups excluding carboxylic acids is 1. The van der Waals surface area contributed by atoms with Crippen LogP contribution in [0.3, 0.4) is 0 Å². The highest BCUT2D eigenvalue weighted by atomic mass is 32.2. The number of benzene rings is 1. The van der Waals surface area contributed by atoms with Crippen molar-refractivity contribution < 1.29 is 17.9 Å². The molecule has 0 bridgehead atoms. The Labute approximate surface area is 182 Å². The number of thioether (sulfide) groups is 1. The predicted molar refractivity (Wildman–Crippen MR) is 117 cm³/mol. The van der Waals surface area contributed by atoms with Gasteiger partial charge in [-0.05, 0) is 49.6 Å². The molecule has 162 valence electrons. The van der Waals surface area contributed by atoms with E-state index in [1.165, 1.54) is 22.3 Å². The van der Waals surface area contributed by atoms with Crippen LogP contribution in [0.4, 0.5) is 0 Å². The van der Waals surface area contributed by atoms with Crippen LogP contribution in [-0.4, -0.2) is 49.1 Å². The van der Waals surface area contributed by atoms with Gasteiger partial charge in [0.2, 0.25) is 15.9 Å². The highest BCUT2D eigenvalue weighted by Gasteiger charge is 2.26. The first-order chi connectivity index (χ1) is 14.4. The van der Waals surface area contributed by atoms with Crippen molar-refractivity contribution in [3.05, 3.63) is 48.2 Å².